The van der Waals surface area contributed by atoms with Gasteiger partial charge in [-0.05, 0) is 29.8 Å². The first-order valence-electron chi connectivity index (χ1n) is 6.11. The number of aromatic nitrogens is 1. The van der Waals surface area contributed by atoms with E-state index >= 15 is 0 Å². The Morgan fingerprint density at radius 2 is 2.00 bits per heavy atom. The molecule has 4 nitrogen and oxygen atoms in total. The molecule has 0 bridgehead atoms. The number of aliphatic hydroxyl groups excluding tert-OH is 1. The number of hydrogen-bond donors (Lipinski definition) is 1. The molecule has 0 aliphatic carbocycles. The largest absolute Gasteiger partial charge is 0.387 e. The molecule has 2 rings (SSSR count). The third-order valence-corrected chi connectivity index (χ3v) is 2.97. The predicted molar refractivity (Wildman–Crippen MR) is 73.6 cm³/mol. The minimum Gasteiger partial charge on any atom is -0.387 e. The van der Waals surface area contributed by atoms with Crippen LogP contribution in [0.5, 0.6) is 0 Å². The summed E-state index contributed by atoms with van der Waals surface area (Å²) in [5.74, 6) is 0.327. The van der Waals surface area contributed by atoms with Gasteiger partial charge in [0.05, 0.1) is 11.7 Å². The molecule has 5 heteroatoms. The van der Waals surface area contributed by atoms with Gasteiger partial charge in [-0.15, -0.1) is 0 Å². The Kier molecular flexibility index (Phi) is 4.28. The van der Waals surface area contributed by atoms with Crippen molar-refractivity contribution in [2.45, 2.75) is 6.10 Å². The summed E-state index contributed by atoms with van der Waals surface area (Å²) in [5.41, 5.74) is 1.13. The topological polar surface area (TPSA) is 60.1 Å². The van der Waals surface area contributed by atoms with E-state index in [0.717, 1.165) is 0 Å². The van der Waals surface area contributed by atoms with Crippen LogP contribution in [-0.4, -0.2) is 23.7 Å². The van der Waals surface area contributed by atoms with Gasteiger partial charge in [0.2, 0.25) is 0 Å². The molecule has 0 fully saturated rings. The lowest BCUT2D eigenvalue weighted by Crippen LogP contribution is -2.24. The van der Waals surface area contributed by atoms with Crippen LogP contribution in [0.2, 0.25) is 0 Å². The molecule has 1 atom stereocenters. The van der Waals surface area contributed by atoms with Crippen LogP contribution in [0.25, 0.3) is 0 Å². The van der Waals surface area contributed by atoms with Crippen molar-refractivity contribution in [3.8, 4) is 6.07 Å². The summed E-state index contributed by atoms with van der Waals surface area (Å²) in [5, 5.41) is 18.8. The fourth-order valence-electron chi connectivity index (χ4n) is 1.82. The van der Waals surface area contributed by atoms with Gasteiger partial charge < -0.3 is 10.0 Å². The molecule has 0 radical (unpaired) electrons. The van der Waals surface area contributed by atoms with E-state index in [2.05, 4.69) is 4.98 Å². The molecule has 1 heterocycles. The number of nitrogens with zero attached hydrogens (tertiary/aromatic N) is 3. The molecule has 0 saturated heterocycles. The zero-order chi connectivity index (χ0) is 14.5. The van der Waals surface area contributed by atoms with Crippen molar-refractivity contribution in [3.05, 3.63) is 59.5 Å². The molecule has 2 aromatic rings. The Hall–Kier alpha value is -2.45. The van der Waals surface area contributed by atoms with Gasteiger partial charge in [-0.1, -0.05) is 12.1 Å². The van der Waals surface area contributed by atoms with Crippen LogP contribution >= 0.6 is 0 Å². The number of nitriles is 1. The van der Waals surface area contributed by atoms with Gasteiger partial charge >= 0.3 is 0 Å². The SMILES string of the molecule is CN(CC(O)c1ccc(F)cc1)c1ccc(C#N)cn1. The maximum atomic E-state index is 12.8. The van der Waals surface area contributed by atoms with Crippen molar-refractivity contribution in [1.29, 1.82) is 5.26 Å². The number of benzene rings is 1. The van der Waals surface area contributed by atoms with E-state index in [1.54, 1.807) is 36.2 Å². The molecular formula is C15H14FN3O. The van der Waals surface area contributed by atoms with Crippen molar-refractivity contribution in [2.24, 2.45) is 0 Å². The second-order valence-corrected chi connectivity index (χ2v) is 4.46. The molecular weight excluding hydrogens is 257 g/mol. The van der Waals surface area contributed by atoms with Crippen LogP contribution in [0.1, 0.15) is 17.2 Å². The van der Waals surface area contributed by atoms with Gasteiger partial charge in [0.1, 0.15) is 17.7 Å². The Morgan fingerprint density at radius 1 is 1.30 bits per heavy atom. The predicted octanol–water partition coefficient (Wildman–Crippen LogP) is 2.26. The highest BCUT2D eigenvalue weighted by atomic mass is 19.1. The van der Waals surface area contributed by atoms with Crippen molar-refractivity contribution in [1.82, 2.24) is 4.98 Å². The molecule has 1 aromatic carbocycles. The van der Waals surface area contributed by atoms with Crippen LogP contribution < -0.4 is 4.90 Å². The third kappa shape index (κ3) is 3.31. The average Bonchev–Trinajstić information content (AvgIpc) is 2.48. The highest BCUT2D eigenvalue weighted by molar-refractivity contribution is 5.41. The standard InChI is InChI=1S/C15H14FN3O/c1-19(15-7-2-11(8-17)9-18-15)10-14(20)12-3-5-13(16)6-4-12/h2-7,9,14,20H,10H2,1H3. The number of likely N-dealkylation sites (N-methyl/N-ethyl adjacent to an activating group) is 1. The van der Waals surface area contributed by atoms with Crippen molar-refractivity contribution in [2.75, 3.05) is 18.5 Å². The van der Waals surface area contributed by atoms with Crippen molar-refractivity contribution >= 4 is 5.82 Å². The quantitative estimate of drug-likeness (QED) is 0.926. The monoisotopic (exact) mass is 271 g/mol. The molecule has 102 valence electrons. The molecule has 0 amide bonds. The minimum absolute atomic E-state index is 0.324. The van der Waals surface area contributed by atoms with Crippen LogP contribution in [-0.2, 0) is 0 Å². The zero-order valence-corrected chi connectivity index (χ0v) is 11.0. The van der Waals surface area contributed by atoms with E-state index in [9.17, 15) is 9.50 Å². The molecule has 0 aliphatic rings. The van der Waals surface area contributed by atoms with E-state index in [-0.39, 0.29) is 5.82 Å². The summed E-state index contributed by atoms with van der Waals surface area (Å²) in [6.07, 6.45) is 0.744. The summed E-state index contributed by atoms with van der Waals surface area (Å²) in [6.45, 7) is 0.324. The molecule has 1 unspecified atom stereocenters. The fourth-order valence-corrected chi connectivity index (χ4v) is 1.82. The van der Waals surface area contributed by atoms with E-state index < -0.39 is 6.10 Å². The maximum absolute atomic E-state index is 12.8. The minimum atomic E-state index is -0.738. The van der Waals surface area contributed by atoms with E-state index in [1.165, 1.54) is 18.3 Å². The average molecular weight is 271 g/mol. The lowest BCUT2D eigenvalue weighted by molar-refractivity contribution is 0.184. The number of rotatable bonds is 4. The van der Waals surface area contributed by atoms with Gasteiger partial charge in [-0.2, -0.15) is 5.26 Å². The number of halogens is 1. The normalized spacial score (nSPS) is 11.7. The third-order valence-electron chi connectivity index (χ3n) is 2.97. The molecule has 0 aliphatic heterocycles. The summed E-state index contributed by atoms with van der Waals surface area (Å²) in [7, 11) is 1.79. The first-order chi connectivity index (χ1) is 9.60. The lowest BCUT2D eigenvalue weighted by atomic mass is 10.1. The van der Waals surface area contributed by atoms with Gasteiger partial charge in [-0.25, -0.2) is 9.37 Å². The second-order valence-electron chi connectivity index (χ2n) is 4.46. The summed E-state index contributed by atoms with van der Waals surface area (Å²) < 4.78 is 12.8. The first-order valence-corrected chi connectivity index (χ1v) is 6.11. The van der Waals surface area contributed by atoms with Crippen LogP contribution in [0, 0.1) is 17.1 Å². The molecule has 0 spiro atoms. The van der Waals surface area contributed by atoms with E-state index in [1.807, 2.05) is 6.07 Å². The van der Waals surface area contributed by atoms with Crippen molar-refractivity contribution < 1.29 is 9.50 Å². The van der Waals surface area contributed by atoms with Crippen LogP contribution in [0.4, 0.5) is 10.2 Å². The van der Waals surface area contributed by atoms with Crippen LogP contribution in [0.3, 0.4) is 0 Å². The van der Waals surface area contributed by atoms with Crippen molar-refractivity contribution in [3.63, 3.8) is 0 Å². The Morgan fingerprint density at radius 3 is 2.55 bits per heavy atom. The summed E-state index contributed by atoms with van der Waals surface area (Å²) >= 11 is 0. The number of aliphatic hydroxyl groups is 1. The number of anilines is 1. The number of pyridine rings is 1. The molecule has 20 heavy (non-hydrogen) atoms. The van der Waals surface area contributed by atoms with E-state index in [0.29, 0.717) is 23.5 Å². The highest BCUT2D eigenvalue weighted by Crippen LogP contribution is 2.17. The summed E-state index contributed by atoms with van der Waals surface area (Å²) in [6, 6.07) is 11.1. The van der Waals surface area contributed by atoms with Gasteiger partial charge in [0, 0.05) is 19.8 Å². The molecule has 1 aromatic heterocycles. The highest BCUT2D eigenvalue weighted by Gasteiger charge is 2.12. The van der Waals surface area contributed by atoms with Gasteiger partial charge in [-0.3, -0.25) is 0 Å². The zero-order valence-electron chi connectivity index (χ0n) is 11.0. The lowest BCUT2D eigenvalue weighted by Gasteiger charge is -2.22. The smallest absolute Gasteiger partial charge is 0.128 e. The number of hydrogen-bond acceptors (Lipinski definition) is 4. The first kappa shape index (κ1) is 14.0. The van der Waals surface area contributed by atoms with Gasteiger partial charge in [0.25, 0.3) is 0 Å². The second kappa shape index (κ2) is 6.13. The fraction of sp³-hybridized carbons (Fsp3) is 0.200. The van der Waals surface area contributed by atoms with Gasteiger partial charge in [0.15, 0.2) is 0 Å². The summed E-state index contributed by atoms with van der Waals surface area (Å²) in [4.78, 5) is 5.92. The molecule has 1 N–H and O–H groups in total. The van der Waals surface area contributed by atoms with Crippen LogP contribution in [0.15, 0.2) is 42.6 Å². The molecule has 0 saturated carbocycles. The Labute approximate surface area is 116 Å². The van der Waals surface area contributed by atoms with E-state index in [4.69, 9.17) is 5.26 Å². The maximum Gasteiger partial charge on any atom is 0.128 e. The Bertz CT molecular complexity index is 605. The Balaban J connectivity index is 2.04.